The Morgan fingerprint density at radius 1 is 1.17 bits per heavy atom. The summed E-state index contributed by atoms with van der Waals surface area (Å²) in [4.78, 5) is 3.00. The maximum atomic E-state index is 12.7. The summed E-state index contributed by atoms with van der Waals surface area (Å²) < 4.78 is 43.0. The number of benzene rings is 1. The van der Waals surface area contributed by atoms with Crippen molar-refractivity contribution in [2.75, 3.05) is 0 Å². The van der Waals surface area contributed by atoms with Gasteiger partial charge >= 0.3 is 6.18 Å². The van der Waals surface area contributed by atoms with Gasteiger partial charge in [0.1, 0.15) is 11.6 Å². The van der Waals surface area contributed by atoms with Crippen LogP contribution in [-0.4, -0.2) is 6.04 Å². The molecule has 0 amide bonds. The molecule has 2 aromatic rings. The van der Waals surface area contributed by atoms with Crippen LogP contribution in [0.4, 0.5) is 13.2 Å². The van der Waals surface area contributed by atoms with E-state index in [1.165, 1.54) is 6.07 Å². The summed E-state index contributed by atoms with van der Waals surface area (Å²) in [7, 11) is 0. The highest BCUT2D eigenvalue weighted by Gasteiger charge is 2.35. The predicted molar refractivity (Wildman–Crippen MR) is 60.4 cm³/mol. The zero-order chi connectivity index (χ0) is 13.3. The molecule has 1 aromatic carbocycles. The summed E-state index contributed by atoms with van der Waals surface area (Å²) in [5.74, 6) is -0.996. The third kappa shape index (κ3) is 2.55. The normalized spacial score (nSPS) is 13.6. The zero-order valence-electron chi connectivity index (χ0n) is 10.0. The monoisotopic (exact) mass is 256 g/mol. The summed E-state index contributed by atoms with van der Waals surface area (Å²) in [6.07, 6.45) is -4.49. The Morgan fingerprint density at radius 2 is 1.83 bits per heavy atom. The van der Waals surface area contributed by atoms with E-state index in [4.69, 9.17) is 4.42 Å². The molecule has 1 aromatic heterocycles. The van der Waals surface area contributed by atoms with E-state index in [1.807, 2.05) is 13.8 Å². The summed E-state index contributed by atoms with van der Waals surface area (Å²) in [6.45, 7) is 3.73. The van der Waals surface area contributed by atoms with Gasteiger partial charge in [-0.3, -0.25) is 0 Å². The molecule has 1 heterocycles. The molecule has 0 bridgehead atoms. The van der Waals surface area contributed by atoms with Gasteiger partial charge in [-0.15, -0.1) is 0 Å². The molecule has 0 aliphatic carbocycles. The van der Waals surface area contributed by atoms with Crippen LogP contribution in [0.5, 0.6) is 0 Å². The second-order valence-electron chi connectivity index (χ2n) is 4.32. The molecule has 18 heavy (non-hydrogen) atoms. The number of nitrogens with one attached hydrogen (secondary N) is 1. The lowest BCUT2D eigenvalue weighted by Crippen LogP contribution is -2.81. The first kappa shape index (κ1) is 12.7. The van der Waals surface area contributed by atoms with Gasteiger partial charge in [-0.25, -0.2) is 4.99 Å². The topological polar surface area (TPSA) is 27.1 Å². The predicted octanol–water partition coefficient (Wildman–Crippen LogP) is 1.84. The molecule has 0 unspecified atom stereocenters. The van der Waals surface area contributed by atoms with Crippen molar-refractivity contribution in [1.29, 1.82) is 0 Å². The molecule has 0 atom stereocenters. The molecule has 0 spiro atoms. The van der Waals surface area contributed by atoms with Gasteiger partial charge < -0.3 is 4.42 Å². The van der Waals surface area contributed by atoms with Crippen LogP contribution in [-0.2, 0) is 6.18 Å². The molecule has 0 aliphatic heterocycles. The molecular formula is C13H13F3NO+. The molecule has 0 fully saturated rings. The van der Waals surface area contributed by atoms with Crippen molar-refractivity contribution in [2.24, 2.45) is 0 Å². The molecule has 1 N–H and O–H groups in total. The van der Waals surface area contributed by atoms with Crippen LogP contribution in [0.3, 0.4) is 0 Å². The van der Waals surface area contributed by atoms with Crippen molar-refractivity contribution in [3.8, 4) is 0 Å². The van der Waals surface area contributed by atoms with Crippen molar-refractivity contribution in [3.05, 3.63) is 41.4 Å². The quantitative estimate of drug-likeness (QED) is 0.828. The first-order chi connectivity index (χ1) is 8.38. The third-order valence-corrected chi connectivity index (χ3v) is 2.40. The lowest BCUT2D eigenvalue weighted by Gasteiger charge is -2.06. The number of fused-ring (bicyclic) bond motifs is 1. The smallest absolute Gasteiger partial charge is 0.449 e. The Hall–Kier alpha value is -1.78. The first-order valence-corrected chi connectivity index (χ1v) is 5.57. The van der Waals surface area contributed by atoms with Crippen LogP contribution < -0.4 is 10.3 Å². The van der Waals surface area contributed by atoms with E-state index >= 15 is 0 Å². The minimum absolute atomic E-state index is 0.0388. The maximum absolute atomic E-state index is 12.7. The van der Waals surface area contributed by atoms with Crippen LogP contribution in [0, 0.1) is 0 Å². The van der Waals surface area contributed by atoms with Gasteiger partial charge in [0.15, 0.2) is 0 Å². The number of alkyl halides is 3. The Morgan fingerprint density at radius 3 is 2.44 bits per heavy atom. The second kappa shape index (κ2) is 4.48. The molecule has 0 saturated heterocycles. The van der Waals surface area contributed by atoms with Crippen LogP contribution in [0.1, 0.15) is 19.6 Å². The highest BCUT2D eigenvalue weighted by molar-refractivity contribution is 5.75. The molecule has 0 radical (unpaired) electrons. The first-order valence-electron chi connectivity index (χ1n) is 5.57. The number of halogens is 3. The van der Waals surface area contributed by atoms with Gasteiger partial charge in [-0.2, -0.15) is 13.2 Å². The Balaban J connectivity index is 2.81. The summed E-state index contributed by atoms with van der Waals surface area (Å²) in [5, 5.41) is 1.07. The lowest BCUT2D eigenvalue weighted by molar-refractivity contribution is -0.533. The highest BCUT2D eigenvalue weighted by Crippen LogP contribution is 2.29. The molecular weight excluding hydrogens is 243 g/mol. The van der Waals surface area contributed by atoms with E-state index in [-0.39, 0.29) is 11.6 Å². The minimum Gasteiger partial charge on any atom is -0.451 e. The number of para-hydroxylation sites is 1. The van der Waals surface area contributed by atoms with E-state index in [1.54, 1.807) is 18.2 Å². The Labute approximate surface area is 102 Å². The number of hydrogen-bond donors (Lipinski definition) is 1. The fourth-order valence-corrected chi connectivity index (χ4v) is 1.71. The fraction of sp³-hybridized carbons (Fsp3) is 0.308. The second-order valence-corrected chi connectivity index (χ2v) is 4.32. The van der Waals surface area contributed by atoms with Crippen LogP contribution in [0.2, 0.25) is 0 Å². The van der Waals surface area contributed by atoms with Crippen molar-refractivity contribution in [2.45, 2.75) is 26.1 Å². The van der Waals surface area contributed by atoms with E-state index in [0.29, 0.717) is 10.7 Å². The van der Waals surface area contributed by atoms with Crippen LogP contribution in [0.15, 0.2) is 34.7 Å². The Kier molecular flexibility index (Phi) is 3.15. The van der Waals surface area contributed by atoms with Gasteiger partial charge in [0.2, 0.25) is 11.1 Å². The fourth-order valence-electron chi connectivity index (χ4n) is 1.71. The van der Waals surface area contributed by atoms with Gasteiger partial charge in [0, 0.05) is 0 Å². The summed E-state index contributed by atoms with van der Waals surface area (Å²) in [5.41, 5.74) is 0.218. The van der Waals surface area contributed by atoms with E-state index < -0.39 is 11.9 Å². The zero-order valence-corrected chi connectivity index (χ0v) is 10.0. The SMILES string of the molecule is CC(C)[NH+]=c1cc(C(F)(F)F)oc2ccccc12. The molecule has 2 nitrogen and oxygen atoms in total. The number of rotatable bonds is 1. The lowest BCUT2D eigenvalue weighted by atomic mass is 10.2. The highest BCUT2D eigenvalue weighted by atomic mass is 19.4. The average Bonchev–Trinajstić information content (AvgIpc) is 2.27. The number of hydrogen-bond acceptors (Lipinski definition) is 1. The summed E-state index contributed by atoms with van der Waals surface area (Å²) in [6, 6.07) is 7.70. The molecule has 96 valence electrons. The largest absolute Gasteiger partial charge is 0.451 e. The molecule has 0 aliphatic rings. The molecule has 5 heteroatoms. The minimum atomic E-state index is -4.49. The summed E-state index contributed by atoms with van der Waals surface area (Å²) >= 11 is 0. The van der Waals surface area contributed by atoms with Gasteiger partial charge in [0.05, 0.1) is 11.5 Å². The van der Waals surface area contributed by atoms with Crippen LogP contribution in [0.25, 0.3) is 11.0 Å². The van der Waals surface area contributed by atoms with Crippen LogP contribution >= 0.6 is 0 Å². The van der Waals surface area contributed by atoms with E-state index in [2.05, 4.69) is 4.99 Å². The van der Waals surface area contributed by atoms with Gasteiger partial charge in [0.25, 0.3) is 0 Å². The van der Waals surface area contributed by atoms with E-state index in [9.17, 15) is 13.2 Å². The van der Waals surface area contributed by atoms with E-state index in [0.717, 1.165) is 6.07 Å². The van der Waals surface area contributed by atoms with Crippen molar-refractivity contribution in [1.82, 2.24) is 0 Å². The molecule has 2 rings (SSSR count). The average molecular weight is 256 g/mol. The van der Waals surface area contributed by atoms with Gasteiger partial charge in [-0.05, 0) is 26.0 Å². The van der Waals surface area contributed by atoms with Crippen molar-refractivity contribution >= 4 is 11.0 Å². The Bertz CT molecular complexity index is 626. The third-order valence-electron chi connectivity index (χ3n) is 2.40. The molecule has 0 saturated carbocycles. The van der Waals surface area contributed by atoms with Crippen molar-refractivity contribution < 1.29 is 22.6 Å². The maximum Gasteiger partial charge on any atom is 0.449 e. The standard InChI is InChI=1S/C13H12F3NO/c1-8(2)17-10-7-12(13(14,15)16)18-11-6-4-3-5-9(10)11/h3-8H,1-2H3/p+1. The van der Waals surface area contributed by atoms with Gasteiger partial charge in [-0.1, -0.05) is 12.1 Å². The van der Waals surface area contributed by atoms with Crippen molar-refractivity contribution in [3.63, 3.8) is 0 Å².